The molecule has 2 aliphatic heterocycles. The number of rotatable bonds is 5. The molecule has 0 bridgehead atoms. The molecule has 0 saturated carbocycles. The Balaban J connectivity index is 1.27. The van der Waals surface area contributed by atoms with Crippen LogP contribution in [0.1, 0.15) is 19.3 Å². The number of primary amides is 1. The molecule has 2 amide bonds. The number of benzene rings is 1. The fourth-order valence-corrected chi connectivity index (χ4v) is 4.08. The molecule has 1 aromatic heterocycles. The Bertz CT molecular complexity index is 942. The van der Waals surface area contributed by atoms with Crippen LogP contribution in [0.3, 0.4) is 0 Å². The summed E-state index contributed by atoms with van der Waals surface area (Å²) in [5.41, 5.74) is 5.93. The smallest absolute Gasteiger partial charge is 0.261 e. The van der Waals surface area contributed by atoms with Crippen LogP contribution in [0.2, 0.25) is 0 Å². The molecule has 2 saturated heterocycles. The summed E-state index contributed by atoms with van der Waals surface area (Å²) in [7, 11) is 0. The first-order valence-corrected chi connectivity index (χ1v) is 9.78. The highest BCUT2D eigenvalue weighted by Gasteiger charge is 2.36. The van der Waals surface area contributed by atoms with E-state index in [1.807, 2.05) is 17.0 Å². The summed E-state index contributed by atoms with van der Waals surface area (Å²) in [6, 6.07) is 7.58. The van der Waals surface area contributed by atoms with Gasteiger partial charge in [0.15, 0.2) is 0 Å². The molecule has 2 N–H and O–H groups in total. The monoisotopic (exact) mass is 383 g/mol. The van der Waals surface area contributed by atoms with Crippen molar-refractivity contribution in [2.45, 2.75) is 31.8 Å². The van der Waals surface area contributed by atoms with Crippen LogP contribution in [-0.4, -0.2) is 63.4 Å². The number of hydrogen-bond donors (Lipinski definition) is 1. The molecule has 8 nitrogen and oxygen atoms in total. The Hall–Kier alpha value is -2.74. The second kappa shape index (κ2) is 7.71. The van der Waals surface area contributed by atoms with Gasteiger partial charge in [0.2, 0.25) is 11.8 Å². The molecule has 2 fully saturated rings. The van der Waals surface area contributed by atoms with E-state index in [9.17, 15) is 14.4 Å². The Labute approximate surface area is 162 Å². The van der Waals surface area contributed by atoms with Gasteiger partial charge in [0.05, 0.1) is 17.2 Å². The number of nitrogens with zero attached hydrogens (tertiary/aromatic N) is 4. The van der Waals surface area contributed by atoms with Gasteiger partial charge in [-0.1, -0.05) is 12.1 Å². The molecular weight excluding hydrogens is 358 g/mol. The molecule has 8 heteroatoms. The largest absolute Gasteiger partial charge is 0.369 e. The van der Waals surface area contributed by atoms with Gasteiger partial charge in [0.1, 0.15) is 0 Å². The lowest BCUT2D eigenvalue weighted by atomic mass is 9.93. The molecule has 3 heterocycles. The molecule has 0 atom stereocenters. The summed E-state index contributed by atoms with van der Waals surface area (Å²) >= 11 is 0. The Morgan fingerprint density at radius 1 is 1.14 bits per heavy atom. The molecule has 2 aromatic rings. The first kappa shape index (κ1) is 18.6. The zero-order valence-corrected chi connectivity index (χ0v) is 15.8. The molecule has 148 valence electrons. The summed E-state index contributed by atoms with van der Waals surface area (Å²) in [4.78, 5) is 44.7. The number of amides is 2. The van der Waals surface area contributed by atoms with Crippen LogP contribution in [0.4, 0.5) is 0 Å². The highest BCUT2D eigenvalue weighted by Crippen LogP contribution is 2.23. The van der Waals surface area contributed by atoms with Gasteiger partial charge in [-0.3, -0.25) is 23.9 Å². The van der Waals surface area contributed by atoms with Crippen molar-refractivity contribution in [2.75, 3.05) is 26.2 Å². The van der Waals surface area contributed by atoms with Gasteiger partial charge in [-0.05, 0) is 38.1 Å². The van der Waals surface area contributed by atoms with E-state index in [0.29, 0.717) is 36.6 Å². The van der Waals surface area contributed by atoms with E-state index in [1.54, 1.807) is 12.1 Å². The van der Waals surface area contributed by atoms with Crippen molar-refractivity contribution < 1.29 is 9.59 Å². The first-order valence-electron chi connectivity index (χ1n) is 9.78. The third kappa shape index (κ3) is 3.64. The molecule has 0 radical (unpaired) electrons. The quantitative estimate of drug-likeness (QED) is 0.794. The van der Waals surface area contributed by atoms with Gasteiger partial charge in [-0.25, -0.2) is 4.98 Å². The molecular formula is C20H25N5O3. The number of para-hydroxylation sites is 1. The van der Waals surface area contributed by atoms with Gasteiger partial charge in [0, 0.05) is 38.0 Å². The Kier molecular flexibility index (Phi) is 5.13. The summed E-state index contributed by atoms with van der Waals surface area (Å²) < 4.78 is 1.51. The minimum atomic E-state index is -0.205. The van der Waals surface area contributed by atoms with Crippen molar-refractivity contribution in [2.24, 2.45) is 11.7 Å². The maximum absolute atomic E-state index is 12.5. The maximum Gasteiger partial charge on any atom is 0.261 e. The molecule has 4 rings (SSSR count). The number of nitrogens with two attached hydrogens (primary N) is 1. The number of likely N-dealkylation sites (tertiary alicyclic amines) is 2. The zero-order chi connectivity index (χ0) is 19.7. The number of fused-ring (bicyclic) bond motifs is 1. The molecule has 0 aliphatic carbocycles. The van der Waals surface area contributed by atoms with Gasteiger partial charge >= 0.3 is 0 Å². The van der Waals surface area contributed by atoms with Crippen molar-refractivity contribution in [3.8, 4) is 0 Å². The summed E-state index contributed by atoms with van der Waals surface area (Å²) in [5.74, 6) is -0.158. The average Bonchev–Trinajstić information content (AvgIpc) is 2.67. The fraction of sp³-hybridized carbons (Fsp3) is 0.500. The molecule has 28 heavy (non-hydrogen) atoms. The van der Waals surface area contributed by atoms with Gasteiger partial charge < -0.3 is 10.6 Å². The number of aromatic nitrogens is 2. The van der Waals surface area contributed by atoms with Crippen molar-refractivity contribution in [1.82, 2.24) is 19.4 Å². The summed E-state index contributed by atoms with van der Waals surface area (Å²) in [6.45, 7) is 3.48. The minimum absolute atomic E-state index is 0.0112. The predicted octanol–water partition coefficient (Wildman–Crippen LogP) is 0.195. The zero-order valence-electron chi connectivity index (χ0n) is 15.8. The van der Waals surface area contributed by atoms with E-state index in [2.05, 4.69) is 9.88 Å². The second-order valence-corrected chi connectivity index (χ2v) is 7.68. The summed E-state index contributed by atoms with van der Waals surface area (Å²) in [5, 5.41) is 0.570. The van der Waals surface area contributed by atoms with Crippen LogP contribution < -0.4 is 11.3 Å². The lowest BCUT2D eigenvalue weighted by Gasteiger charge is -2.47. The van der Waals surface area contributed by atoms with E-state index in [-0.39, 0.29) is 29.7 Å². The van der Waals surface area contributed by atoms with Crippen LogP contribution in [0.15, 0.2) is 35.4 Å². The molecule has 2 aliphatic rings. The molecule has 0 spiro atoms. The second-order valence-electron chi connectivity index (χ2n) is 7.68. The predicted molar refractivity (Wildman–Crippen MR) is 104 cm³/mol. The van der Waals surface area contributed by atoms with Gasteiger partial charge in [-0.2, -0.15) is 0 Å². The highest BCUT2D eigenvalue weighted by atomic mass is 16.2. The van der Waals surface area contributed by atoms with Crippen molar-refractivity contribution in [3.63, 3.8) is 0 Å². The van der Waals surface area contributed by atoms with E-state index in [1.165, 1.54) is 10.9 Å². The van der Waals surface area contributed by atoms with Crippen LogP contribution in [0.5, 0.6) is 0 Å². The van der Waals surface area contributed by atoms with Crippen molar-refractivity contribution >= 4 is 22.7 Å². The van der Waals surface area contributed by atoms with E-state index in [0.717, 1.165) is 25.9 Å². The number of hydrogen-bond acceptors (Lipinski definition) is 5. The molecule has 1 aromatic carbocycles. The number of carbonyl (C=O) groups excluding carboxylic acids is 2. The van der Waals surface area contributed by atoms with Crippen molar-refractivity contribution in [3.05, 3.63) is 40.9 Å². The minimum Gasteiger partial charge on any atom is -0.369 e. The van der Waals surface area contributed by atoms with Crippen LogP contribution in [-0.2, 0) is 16.1 Å². The van der Waals surface area contributed by atoms with E-state index < -0.39 is 0 Å². The lowest BCUT2D eigenvalue weighted by molar-refractivity contribution is -0.139. The topological polar surface area (TPSA) is 102 Å². The van der Waals surface area contributed by atoms with Gasteiger partial charge in [0.25, 0.3) is 5.56 Å². The number of piperidine rings is 1. The van der Waals surface area contributed by atoms with Crippen LogP contribution in [0.25, 0.3) is 10.9 Å². The van der Waals surface area contributed by atoms with Crippen LogP contribution >= 0.6 is 0 Å². The maximum atomic E-state index is 12.5. The van der Waals surface area contributed by atoms with E-state index in [4.69, 9.17) is 5.73 Å². The Morgan fingerprint density at radius 2 is 1.86 bits per heavy atom. The lowest BCUT2D eigenvalue weighted by Crippen LogP contribution is -2.62. The third-order valence-corrected chi connectivity index (χ3v) is 5.96. The number of aryl methyl sites for hydroxylation is 1. The highest BCUT2D eigenvalue weighted by molar-refractivity contribution is 5.78. The normalized spacial score (nSPS) is 18.9. The number of carbonyl (C=O) groups is 2. The van der Waals surface area contributed by atoms with Crippen molar-refractivity contribution in [1.29, 1.82) is 0 Å². The first-order chi connectivity index (χ1) is 13.5. The summed E-state index contributed by atoms with van der Waals surface area (Å²) in [6.07, 6.45) is 3.41. The molecule has 0 unspecified atom stereocenters. The average molecular weight is 383 g/mol. The van der Waals surface area contributed by atoms with Crippen LogP contribution in [0, 0.1) is 5.92 Å². The SMILES string of the molecule is NC(=O)C1CCN(C2CN(C(=O)CCn3cnc4ccccc4c3=O)C2)CC1. The third-order valence-electron chi connectivity index (χ3n) is 5.96. The van der Waals surface area contributed by atoms with E-state index >= 15 is 0 Å². The Morgan fingerprint density at radius 3 is 2.57 bits per heavy atom. The fourth-order valence-electron chi connectivity index (χ4n) is 4.08. The van der Waals surface area contributed by atoms with Gasteiger partial charge in [-0.15, -0.1) is 0 Å². The standard InChI is InChI=1S/C20H25N5O3/c21-19(27)14-5-8-23(9-6-14)15-11-25(12-15)18(26)7-10-24-13-22-17-4-2-1-3-16(17)20(24)28/h1-4,13-15H,5-12H2,(H2,21,27).